The Balaban J connectivity index is 1.56. The molecule has 0 saturated heterocycles. The summed E-state index contributed by atoms with van der Waals surface area (Å²) in [5.41, 5.74) is 14.6. The lowest BCUT2D eigenvalue weighted by Gasteiger charge is -2.14. The number of carbonyl (C=O) groups excluding carboxylic acids is 3. The van der Waals surface area contributed by atoms with Crippen LogP contribution in [0.2, 0.25) is 0 Å². The van der Waals surface area contributed by atoms with E-state index in [0.29, 0.717) is 23.2 Å². The van der Waals surface area contributed by atoms with Crippen molar-refractivity contribution in [1.82, 2.24) is 15.3 Å². The van der Waals surface area contributed by atoms with Gasteiger partial charge in [0, 0.05) is 47.2 Å². The third-order valence-corrected chi connectivity index (χ3v) is 5.07. The maximum Gasteiger partial charge on any atom is 0.251 e. The van der Waals surface area contributed by atoms with Crippen molar-refractivity contribution in [1.29, 1.82) is 0 Å². The molecule has 0 bridgehead atoms. The second-order valence-corrected chi connectivity index (χ2v) is 7.67. The van der Waals surface area contributed by atoms with Crippen LogP contribution in [0.25, 0.3) is 0 Å². The molecule has 35 heavy (non-hydrogen) atoms. The van der Waals surface area contributed by atoms with E-state index >= 15 is 0 Å². The number of aliphatic hydroxyl groups is 1. The van der Waals surface area contributed by atoms with Crippen LogP contribution in [-0.2, 0) is 16.0 Å². The van der Waals surface area contributed by atoms with Gasteiger partial charge in [0.2, 0.25) is 5.91 Å². The molecule has 0 spiro atoms. The highest BCUT2D eigenvalue weighted by Gasteiger charge is 2.19. The number of carbonyl (C=O) groups is 3. The lowest BCUT2D eigenvalue weighted by atomic mass is 10.1. The Labute approximate surface area is 202 Å². The van der Waals surface area contributed by atoms with E-state index in [-0.39, 0.29) is 12.5 Å². The molecule has 3 aromatic rings. The maximum atomic E-state index is 12.3. The van der Waals surface area contributed by atoms with Gasteiger partial charge in [0.1, 0.15) is 12.6 Å². The average molecular weight is 475 g/mol. The van der Waals surface area contributed by atoms with Crippen LogP contribution in [0, 0.1) is 11.8 Å². The first-order valence-corrected chi connectivity index (χ1v) is 10.8. The van der Waals surface area contributed by atoms with Gasteiger partial charge in [-0.25, -0.2) is 4.98 Å². The van der Waals surface area contributed by atoms with Crippen LogP contribution in [0.15, 0.2) is 61.1 Å². The van der Waals surface area contributed by atoms with Crippen molar-refractivity contribution < 1.29 is 19.5 Å². The topological polar surface area (TPSA) is 176 Å². The van der Waals surface area contributed by atoms with Crippen molar-refractivity contribution in [2.24, 2.45) is 11.5 Å². The van der Waals surface area contributed by atoms with E-state index in [1.165, 1.54) is 6.33 Å². The first-order chi connectivity index (χ1) is 16.9. The molecule has 0 saturated carbocycles. The number of ketones is 1. The highest BCUT2D eigenvalue weighted by atomic mass is 16.3. The van der Waals surface area contributed by atoms with Crippen LogP contribution in [0.1, 0.15) is 27.2 Å². The molecule has 10 nitrogen and oxygen atoms in total. The summed E-state index contributed by atoms with van der Waals surface area (Å²) in [5, 5.41) is 14.2. The van der Waals surface area contributed by atoms with Crippen molar-refractivity contribution in [2.45, 2.75) is 18.5 Å². The van der Waals surface area contributed by atoms with E-state index in [4.69, 9.17) is 16.6 Å². The summed E-state index contributed by atoms with van der Waals surface area (Å²) in [6.45, 7) is -0.793. The van der Waals surface area contributed by atoms with Crippen molar-refractivity contribution in [2.75, 3.05) is 18.5 Å². The number of aromatic nitrogens is 2. The number of aromatic amines is 1. The Hall–Kier alpha value is -4.30. The lowest BCUT2D eigenvalue weighted by Crippen LogP contribution is -2.46. The molecule has 0 aliphatic carbocycles. The molecular weight excluding hydrogens is 448 g/mol. The van der Waals surface area contributed by atoms with Gasteiger partial charge in [-0.1, -0.05) is 11.8 Å². The highest BCUT2D eigenvalue weighted by molar-refractivity contribution is 5.98. The number of benzene rings is 2. The van der Waals surface area contributed by atoms with Gasteiger partial charge in [0.05, 0.1) is 12.4 Å². The number of nitrogens with two attached hydrogens (primary N) is 2. The smallest absolute Gasteiger partial charge is 0.251 e. The quantitative estimate of drug-likeness (QED) is 0.235. The third kappa shape index (κ3) is 7.35. The molecule has 10 heteroatoms. The lowest BCUT2D eigenvalue weighted by molar-refractivity contribution is -0.123. The number of aliphatic hydroxyl groups excluding tert-OH is 1. The maximum absolute atomic E-state index is 12.3. The first-order valence-electron chi connectivity index (χ1n) is 10.8. The fraction of sp³-hybridized carbons (Fsp3) is 0.200. The number of nitrogens with one attached hydrogen (secondary N) is 3. The minimum Gasteiger partial charge on any atom is -0.388 e. The third-order valence-electron chi connectivity index (χ3n) is 5.07. The predicted molar refractivity (Wildman–Crippen MR) is 130 cm³/mol. The fourth-order valence-electron chi connectivity index (χ4n) is 3.07. The number of imidazole rings is 1. The largest absolute Gasteiger partial charge is 0.388 e. The molecule has 0 aliphatic heterocycles. The molecule has 8 N–H and O–H groups in total. The fourth-order valence-corrected chi connectivity index (χ4v) is 3.07. The zero-order valence-electron chi connectivity index (χ0n) is 18.8. The van der Waals surface area contributed by atoms with Crippen molar-refractivity contribution in [3.63, 3.8) is 0 Å². The zero-order valence-corrected chi connectivity index (χ0v) is 18.8. The highest BCUT2D eigenvalue weighted by Crippen LogP contribution is 2.11. The van der Waals surface area contributed by atoms with Crippen LogP contribution in [-0.4, -0.2) is 57.9 Å². The molecular formula is C25H26N6O4. The van der Waals surface area contributed by atoms with Gasteiger partial charge in [-0.15, -0.1) is 0 Å². The van der Waals surface area contributed by atoms with Crippen molar-refractivity contribution in [3.05, 3.63) is 83.4 Å². The molecule has 1 aromatic heterocycles. The van der Waals surface area contributed by atoms with Gasteiger partial charge in [0.25, 0.3) is 5.91 Å². The summed E-state index contributed by atoms with van der Waals surface area (Å²) < 4.78 is 0. The van der Waals surface area contributed by atoms with E-state index in [9.17, 15) is 14.4 Å². The van der Waals surface area contributed by atoms with Crippen molar-refractivity contribution in [3.8, 4) is 11.8 Å². The summed E-state index contributed by atoms with van der Waals surface area (Å²) >= 11 is 0. The number of hydrogen-bond donors (Lipinski definition) is 6. The van der Waals surface area contributed by atoms with Crippen LogP contribution in [0.4, 0.5) is 5.69 Å². The second kappa shape index (κ2) is 12.2. The van der Waals surface area contributed by atoms with Gasteiger partial charge in [0.15, 0.2) is 5.78 Å². The van der Waals surface area contributed by atoms with Crippen LogP contribution in [0.5, 0.6) is 0 Å². The molecule has 180 valence electrons. The van der Waals surface area contributed by atoms with E-state index in [1.54, 1.807) is 54.7 Å². The molecule has 0 unspecified atom stereocenters. The summed E-state index contributed by atoms with van der Waals surface area (Å²) in [7, 11) is 0. The van der Waals surface area contributed by atoms with Crippen LogP contribution in [0.3, 0.4) is 0 Å². The van der Waals surface area contributed by atoms with Crippen LogP contribution >= 0.6 is 0 Å². The first kappa shape index (κ1) is 25.3. The van der Waals surface area contributed by atoms with E-state index in [2.05, 4.69) is 32.4 Å². The van der Waals surface area contributed by atoms with Gasteiger partial charge >= 0.3 is 0 Å². The van der Waals surface area contributed by atoms with Gasteiger partial charge in [-0.05, 0) is 48.5 Å². The number of hydrogen-bond acceptors (Lipinski definition) is 7. The zero-order chi connectivity index (χ0) is 25.2. The Morgan fingerprint density at radius 1 is 1.03 bits per heavy atom. The Morgan fingerprint density at radius 2 is 1.66 bits per heavy atom. The molecule has 3 rings (SSSR count). The number of Topliss-reactive ketones (excluding diaryl/α,β-unsaturated/α-hetero) is 1. The molecule has 2 atom stereocenters. The molecule has 0 aliphatic rings. The number of H-pyrrole nitrogens is 1. The summed E-state index contributed by atoms with van der Waals surface area (Å²) in [6.07, 6.45) is 3.51. The number of anilines is 1. The molecule has 2 amide bonds. The Morgan fingerprint density at radius 3 is 2.20 bits per heavy atom. The summed E-state index contributed by atoms with van der Waals surface area (Å²) in [4.78, 5) is 42.9. The van der Waals surface area contributed by atoms with Gasteiger partial charge < -0.3 is 32.2 Å². The Bertz CT molecular complexity index is 1210. The standard InChI is InChI=1S/C25H26N6O4/c26-12-22(23(33)14-32)31-24(34)18-7-3-16(4-8-18)1-2-17-5-9-19(10-6-17)30-25(35)21(27)11-20-13-28-15-29-20/h3-10,13,15,21-22,32H,11-12,14,26-27H2,(H,28,29)(H,30,35)(H,31,34)/t21-,22-/m0/s1. The number of nitrogens with zero attached hydrogens (tertiary/aromatic N) is 1. The minimum atomic E-state index is -0.938. The van der Waals surface area contributed by atoms with Crippen LogP contribution < -0.4 is 22.1 Å². The predicted octanol–water partition coefficient (Wildman–Crippen LogP) is -0.0635. The molecule has 0 fully saturated rings. The number of amides is 2. The molecule has 0 radical (unpaired) electrons. The summed E-state index contributed by atoms with van der Waals surface area (Å²) in [6, 6.07) is 11.9. The average Bonchev–Trinajstić information content (AvgIpc) is 3.39. The van der Waals surface area contributed by atoms with E-state index in [1.807, 2.05) is 0 Å². The van der Waals surface area contributed by atoms with E-state index < -0.39 is 30.4 Å². The SMILES string of the molecule is NC[C@H](NC(=O)c1ccc(C#Cc2ccc(NC(=O)[C@@H](N)Cc3cnc[nH]3)cc2)cc1)C(=O)CO. The summed E-state index contributed by atoms with van der Waals surface area (Å²) in [5.74, 6) is 4.70. The van der Waals surface area contributed by atoms with Crippen molar-refractivity contribution >= 4 is 23.3 Å². The molecule has 1 heterocycles. The number of rotatable bonds is 9. The van der Waals surface area contributed by atoms with Gasteiger partial charge in [-0.2, -0.15) is 0 Å². The second-order valence-electron chi connectivity index (χ2n) is 7.67. The molecule has 2 aromatic carbocycles. The van der Waals surface area contributed by atoms with Gasteiger partial charge in [-0.3, -0.25) is 14.4 Å². The normalized spacial score (nSPS) is 12.1. The monoisotopic (exact) mass is 474 g/mol. The minimum absolute atomic E-state index is 0.102. The Kier molecular flexibility index (Phi) is 8.86. The van der Waals surface area contributed by atoms with E-state index in [0.717, 1.165) is 11.3 Å².